The van der Waals surface area contributed by atoms with Gasteiger partial charge >= 0.3 is 0 Å². The average molecular weight is 638 g/mol. The van der Waals surface area contributed by atoms with Crippen LogP contribution in [0.15, 0.2) is 188 Å². The summed E-state index contributed by atoms with van der Waals surface area (Å²) in [5, 5.41) is 4.87. The van der Waals surface area contributed by atoms with Crippen molar-refractivity contribution < 1.29 is 0 Å². The van der Waals surface area contributed by atoms with Gasteiger partial charge in [-0.05, 0) is 79.2 Å². The molecule has 9 aromatic rings. The summed E-state index contributed by atoms with van der Waals surface area (Å²) in [4.78, 5) is 14.5. The Morgan fingerprint density at radius 3 is 1.30 bits per heavy atom. The summed E-state index contributed by atoms with van der Waals surface area (Å²) >= 11 is 0. The van der Waals surface area contributed by atoms with E-state index in [4.69, 9.17) is 9.97 Å². The number of hydrogen-bond donors (Lipinski definition) is 0. The van der Waals surface area contributed by atoms with Gasteiger partial charge in [-0.2, -0.15) is 0 Å². The van der Waals surface area contributed by atoms with E-state index in [1.54, 1.807) is 6.20 Å². The van der Waals surface area contributed by atoms with Gasteiger partial charge in [0.2, 0.25) is 0 Å². The van der Waals surface area contributed by atoms with Crippen LogP contribution in [0.3, 0.4) is 0 Å². The number of aromatic nitrogens is 3. The van der Waals surface area contributed by atoms with Crippen LogP contribution in [0.4, 0.5) is 0 Å². The molecule has 50 heavy (non-hydrogen) atoms. The van der Waals surface area contributed by atoms with Crippen molar-refractivity contribution >= 4 is 21.5 Å². The van der Waals surface area contributed by atoms with Gasteiger partial charge in [-0.25, -0.2) is 9.97 Å². The van der Waals surface area contributed by atoms with Gasteiger partial charge in [0.25, 0.3) is 0 Å². The van der Waals surface area contributed by atoms with Crippen LogP contribution >= 0.6 is 0 Å². The molecule has 0 aliphatic carbocycles. The van der Waals surface area contributed by atoms with Crippen molar-refractivity contribution in [2.24, 2.45) is 0 Å². The van der Waals surface area contributed by atoms with E-state index >= 15 is 0 Å². The van der Waals surface area contributed by atoms with Gasteiger partial charge in [0, 0.05) is 29.1 Å². The molecule has 0 aliphatic heterocycles. The van der Waals surface area contributed by atoms with E-state index in [1.165, 1.54) is 27.1 Å². The third-order valence-electron chi connectivity index (χ3n) is 9.39. The van der Waals surface area contributed by atoms with Crippen LogP contribution in [0, 0.1) is 0 Å². The number of fused-ring (bicyclic) bond motifs is 2. The molecule has 7 aromatic carbocycles. The number of benzene rings is 7. The molecule has 0 unspecified atom stereocenters. The minimum atomic E-state index is 0.700. The molecule has 0 radical (unpaired) electrons. The van der Waals surface area contributed by atoms with Crippen molar-refractivity contribution in [2.45, 2.75) is 0 Å². The van der Waals surface area contributed by atoms with Crippen molar-refractivity contribution in [3.8, 4) is 67.3 Å². The summed E-state index contributed by atoms with van der Waals surface area (Å²) < 4.78 is 0. The highest BCUT2D eigenvalue weighted by atomic mass is 14.9. The summed E-state index contributed by atoms with van der Waals surface area (Å²) in [6.45, 7) is 0. The lowest BCUT2D eigenvalue weighted by molar-refractivity contribution is 1.18. The van der Waals surface area contributed by atoms with Crippen LogP contribution in [0.5, 0.6) is 0 Å². The Morgan fingerprint density at radius 1 is 0.280 bits per heavy atom. The largest absolute Gasteiger partial charge is 0.264 e. The lowest BCUT2D eigenvalue weighted by Gasteiger charge is -2.11. The number of pyridine rings is 1. The van der Waals surface area contributed by atoms with Gasteiger partial charge in [0.05, 0.1) is 11.4 Å². The molecule has 0 amide bonds. The number of rotatable bonds is 6. The Labute approximate surface area is 291 Å². The van der Waals surface area contributed by atoms with Gasteiger partial charge < -0.3 is 0 Å². The first-order valence-electron chi connectivity index (χ1n) is 16.8. The van der Waals surface area contributed by atoms with E-state index in [0.29, 0.717) is 5.82 Å². The fourth-order valence-electron chi connectivity index (χ4n) is 6.62. The highest BCUT2D eigenvalue weighted by Gasteiger charge is 2.13. The quantitative estimate of drug-likeness (QED) is 0.182. The molecule has 0 bridgehead atoms. The molecule has 0 saturated carbocycles. The SMILES string of the molecule is c1cncc(-c2ccc(-c3ccc(-c4cc(-c5ccc6ccccc6c5)nc(-c5ccc(-c6ccc7ccccc7c6)cc5)n4)cc3)cc2)c1. The zero-order valence-electron chi connectivity index (χ0n) is 27.2. The van der Waals surface area contributed by atoms with E-state index in [9.17, 15) is 0 Å². The number of nitrogens with zero attached hydrogens (tertiary/aromatic N) is 3. The molecule has 9 rings (SSSR count). The predicted molar refractivity (Wildman–Crippen MR) is 207 cm³/mol. The summed E-state index contributed by atoms with van der Waals surface area (Å²) in [5.41, 5.74) is 11.8. The minimum Gasteiger partial charge on any atom is -0.264 e. The molecule has 0 saturated heterocycles. The fraction of sp³-hybridized carbons (Fsp3) is 0. The third-order valence-corrected chi connectivity index (χ3v) is 9.39. The minimum absolute atomic E-state index is 0.700. The van der Waals surface area contributed by atoms with Crippen LogP contribution < -0.4 is 0 Å². The second kappa shape index (κ2) is 12.7. The van der Waals surface area contributed by atoms with Crippen LogP contribution in [0.25, 0.3) is 88.8 Å². The van der Waals surface area contributed by atoms with Gasteiger partial charge in [0.1, 0.15) is 0 Å². The topological polar surface area (TPSA) is 38.7 Å². The molecule has 0 aliphatic rings. The maximum atomic E-state index is 5.14. The molecule has 0 N–H and O–H groups in total. The van der Waals surface area contributed by atoms with Crippen LogP contribution in [-0.2, 0) is 0 Å². The highest BCUT2D eigenvalue weighted by molar-refractivity contribution is 5.89. The average Bonchev–Trinajstić information content (AvgIpc) is 3.21. The first-order valence-corrected chi connectivity index (χ1v) is 16.8. The van der Waals surface area contributed by atoms with Crippen molar-refractivity contribution in [1.29, 1.82) is 0 Å². The van der Waals surface area contributed by atoms with Gasteiger partial charge in [-0.15, -0.1) is 0 Å². The van der Waals surface area contributed by atoms with Crippen molar-refractivity contribution in [3.05, 3.63) is 188 Å². The Bertz CT molecular complexity index is 2610. The van der Waals surface area contributed by atoms with Crippen LogP contribution in [0.2, 0.25) is 0 Å². The Balaban J connectivity index is 1.08. The molecule has 3 heteroatoms. The number of hydrogen-bond acceptors (Lipinski definition) is 3. The lowest BCUT2D eigenvalue weighted by Crippen LogP contribution is -1.96. The zero-order valence-corrected chi connectivity index (χ0v) is 27.2. The standard InChI is InChI=1S/C47H31N3/c1-3-8-40-28-42(25-19-32(40)6-1)36-17-23-39(24-18-36)47-49-45(30-46(50-47)43-26-20-33-7-2-4-9-41(33)29-43)38-21-15-35(16-22-38)34-11-13-37(14-12-34)44-10-5-27-48-31-44/h1-31H. The first-order chi connectivity index (χ1) is 24.7. The summed E-state index contributed by atoms with van der Waals surface area (Å²) in [6.07, 6.45) is 3.69. The van der Waals surface area contributed by atoms with E-state index in [2.05, 4.69) is 175 Å². The first kappa shape index (κ1) is 29.4. The smallest absolute Gasteiger partial charge is 0.160 e. The Morgan fingerprint density at radius 2 is 0.720 bits per heavy atom. The van der Waals surface area contributed by atoms with Crippen molar-refractivity contribution in [3.63, 3.8) is 0 Å². The Kier molecular flexibility index (Phi) is 7.49. The molecule has 2 heterocycles. The molecular weight excluding hydrogens is 607 g/mol. The summed E-state index contributed by atoms with van der Waals surface area (Å²) in [6, 6.07) is 62.1. The van der Waals surface area contributed by atoms with Crippen LogP contribution in [0.1, 0.15) is 0 Å². The predicted octanol–water partition coefficient (Wildman–Crippen LogP) is 12.2. The van der Waals surface area contributed by atoms with Crippen LogP contribution in [-0.4, -0.2) is 15.0 Å². The van der Waals surface area contributed by atoms with E-state index in [1.807, 2.05) is 12.3 Å². The maximum absolute atomic E-state index is 5.14. The Hall–Kier alpha value is -6.71. The molecule has 234 valence electrons. The second-order valence-electron chi connectivity index (χ2n) is 12.6. The zero-order chi connectivity index (χ0) is 33.3. The van der Waals surface area contributed by atoms with E-state index < -0.39 is 0 Å². The van der Waals surface area contributed by atoms with E-state index in [-0.39, 0.29) is 0 Å². The van der Waals surface area contributed by atoms with Gasteiger partial charge in [-0.1, -0.05) is 152 Å². The normalized spacial score (nSPS) is 11.2. The fourth-order valence-corrected chi connectivity index (χ4v) is 6.62. The second-order valence-corrected chi connectivity index (χ2v) is 12.6. The molecule has 2 aromatic heterocycles. The summed E-state index contributed by atoms with van der Waals surface area (Å²) in [7, 11) is 0. The lowest BCUT2D eigenvalue weighted by atomic mass is 9.98. The monoisotopic (exact) mass is 637 g/mol. The third kappa shape index (κ3) is 5.82. The molecule has 0 atom stereocenters. The van der Waals surface area contributed by atoms with E-state index in [0.717, 1.165) is 55.9 Å². The maximum Gasteiger partial charge on any atom is 0.160 e. The van der Waals surface area contributed by atoms with Crippen molar-refractivity contribution in [2.75, 3.05) is 0 Å². The van der Waals surface area contributed by atoms with Gasteiger partial charge in [0.15, 0.2) is 5.82 Å². The summed E-state index contributed by atoms with van der Waals surface area (Å²) in [5.74, 6) is 0.700. The van der Waals surface area contributed by atoms with Gasteiger partial charge in [-0.3, -0.25) is 4.98 Å². The molecule has 0 spiro atoms. The molecular formula is C47H31N3. The van der Waals surface area contributed by atoms with Crippen molar-refractivity contribution in [1.82, 2.24) is 15.0 Å². The highest BCUT2D eigenvalue weighted by Crippen LogP contribution is 2.33. The molecule has 3 nitrogen and oxygen atoms in total. The molecule has 0 fully saturated rings.